The summed E-state index contributed by atoms with van der Waals surface area (Å²) in [5.74, 6) is -0.314. The van der Waals surface area contributed by atoms with Crippen LogP contribution in [0, 0.1) is 0 Å². The molecule has 2 aliphatic rings. The number of carbonyl (C=O) groups is 2. The number of likely N-dealkylation sites (tertiary alicyclic amines) is 1. The Labute approximate surface area is 204 Å². The van der Waals surface area contributed by atoms with E-state index in [0.717, 1.165) is 38.6 Å². The van der Waals surface area contributed by atoms with Gasteiger partial charge in [-0.05, 0) is 52.0 Å². The zero-order chi connectivity index (χ0) is 25.1. The van der Waals surface area contributed by atoms with Crippen LogP contribution in [0.3, 0.4) is 0 Å². The number of hydrogen-bond donors (Lipinski definition) is 3. The third-order valence-corrected chi connectivity index (χ3v) is 6.52. The van der Waals surface area contributed by atoms with Crippen molar-refractivity contribution >= 4 is 29.3 Å². The van der Waals surface area contributed by atoms with Gasteiger partial charge in [0.15, 0.2) is 0 Å². The Morgan fingerprint density at radius 2 is 1.86 bits per heavy atom. The molecule has 0 radical (unpaired) electrons. The van der Waals surface area contributed by atoms with Crippen molar-refractivity contribution in [2.75, 3.05) is 36.4 Å². The molecule has 1 unspecified atom stereocenters. The molecule has 0 aromatic carbocycles. The molecule has 2 aromatic rings. The Balaban J connectivity index is 1.72. The predicted octanol–water partition coefficient (Wildman–Crippen LogP) is 1.62. The fourth-order valence-corrected chi connectivity index (χ4v) is 4.60. The van der Waals surface area contributed by atoms with Gasteiger partial charge >= 0.3 is 0 Å². The Morgan fingerprint density at radius 1 is 1.11 bits per heavy atom. The Morgan fingerprint density at radius 3 is 2.51 bits per heavy atom. The molecule has 0 saturated carbocycles. The maximum Gasteiger partial charge on any atom is 0.263 e. The molecule has 2 saturated heterocycles. The number of anilines is 3. The predicted molar refractivity (Wildman–Crippen MR) is 134 cm³/mol. The average Bonchev–Trinajstić information content (AvgIpc) is 2.84. The van der Waals surface area contributed by atoms with Gasteiger partial charge in [0.05, 0.1) is 5.69 Å². The molecule has 2 fully saturated rings. The molecule has 5 N–H and O–H groups in total. The van der Waals surface area contributed by atoms with Crippen LogP contribution in [-0.4, -0.2) is 63.5 Å². The van der Waals surface area contributed by atoms with Gasteiger partial charge in [0.1, 0.15) is 16.9 Å². The van der Waals surface area contributed by atoms with Gasteiger partial charge in [0, 0.05) is 50.7 Å². The van der Waals surface area contributed by atoms with Gasteiger partial charge in [-0.3, -0.25) is 14.4 Å². The highest BCUT2D eigenvalue weighted by Crippen LogP contribution is 2.24. The first-order chi connectivity index (χ1) is 16.7. The summed E-state index contributed by atoms with van der Waals surface area (Å²) in [4.78, 5) is 51.1. The van der Waals surface area contributed by atoms with E-state index in [1.54, 1.807) is 11.1 Å². The number of piperidine rings is 2. The number of pyridine rings is 1. The maximum atomic E-state index is 13.2. The zero-order valence-corrected chi connectivity index (χ0v) is 20.4. The number of primary amides is 1. The molecule has 11 nitrogen and oxygen atoms in total. The van der Waals surface area contributed by atoms with Crippen LogP contribution in [-0.2, 0) is 0 Å². The van der Waals surface area contributed by atoms with E-state index in [-0.39, 0.29) is 40.5 Å². The van der Waals surface area contributed by atoms with E-state index >= 15 is 0 Å². The van der Waals surface area contributed by atoms with Crippen molar-refractivity contribution in [2.45, 2.75) is 58.0 Å². The van der Waals surface area contributed by atoms with Crippen molar-refractivity contribution in [2.24, 2.45) is 11.5 Å². The molecule has 4 heterocycles. The van der Waals surface area contributed by atoms with Crippen LogP contribution in [0.4, 0.5) is 17.5 Å². The number of amides is 2. The normalized spacial score (nSPS) is 18.6. The third-order valence-electron chi connectivity index (χ3n) is 6.52. The second-order valence-corrected chi connectivity index (χ2v) is 9.57. The molecular formula is C24H34N8O3. The van der Waals surface area contributed by atoms with Crippen molar-refractivity contribution in [3.8, 4) is 0 Å². The summed E-state index contributed by atoms with van der Waals surface area (Å²) in [7, 11) is 0. The highest BCUT2D eigenvalue weighted by atomic mass is 16.2. The maximum absolute atomic E-state index is 13.2. The number of carbonyl (C=O) groups excluding carboxylic acids is 2. The van der Waals surface area contributed by atoms with Gasteiger partial charge in [0.25, 0.3) is 17.4 Å². The minimum atomic E-state index is -0.684. The molecule has 2 aliphatic heterocycles. The molecule has 1 atom stereocenters. The average molecular weight is 483 g/mol. The lowest BCUT2D eigenvalue weighted by molar-refractivity contribution is 0.0721. The fraction of sp³-hybridized carbons (Fsp3) is 0.542. The van der Waals surface area contributed by atoms with Crippen LogP contribution in [0.2, 0.25) is 0 Å². The van der Waals surface area contributed by atoms with Gasteiger partial charge in [0.2, 0.25) is 5.95 Å². The molecule has 188 valence electrons. The monoisotopic (exact) mass is 482 g/mol. The number of hydrogen-bond acceptors (Lipinski definition) is 8. The summed E-state index contributed by atoms with van der Waals surface area (Å²) in [6, 6.07) is 1.38. The summed E-state index contributed by atoms with van der Waals surface area (Å²) in [5, 5.41) is 3.12. The van der Waals surface area contributed by atoms with Crippen molar-refractivity contribution in [3.63, 3.8) is 0 Å². The van der Waals surface area contributed by atoms with Crippen molar-refractivity contribution in [1.29, 1.82) is 0 Å². The summed E-state index contributed by atoms with van der Waals surface area (Å²) in [6.45, 7) is 6.39. The van der Waals surface area contributed by atoms with E-state index in [0.29, 0.717) is 31.3 Å². The van der Waals surface area contributed by atoms with E-state index in [4.69, 9.17) is 11.5 Å². The second-order valence-electron chi connectivity index (χ2n) is 9.57. The molecule has 4 rings (SSSR count). The summed E-state index contributed by atoms with van der Waals surface area (Å²) < 4.78 is 1.51. The fourth-order valence-electron chi connectivity index (χ4n) is 4.60. The Kier molecular flexibility index (Phi) is 7.34. The van der Waals surface area contributed by atoms with Gasteiger partial charge < -0.3 is 31.2 Å². The third kappa shape index (κ3) is 5.45. The first-order valence-electron chi connectivity index (χ1n) is 12.2. The zero-order valence-electron chi connectivity index (χ0n) is 20.4. The van der Waals surface area contributed by atoms with Crippen LogP contribution in [0.5, 0.6) is 0 Å². The minimum Gasteiger partial charge on any atom is -0.365 e. The summed E-state index contributed by atoms with van der Waals surface area (Å²) in [6.07, 6.45) is 7.81. The quantitative estimate of drug-likeness (QED) is 0.561. The molecule has 2 aromatic heterocycles. The smallest absolute Gasteiger partial charge is 0.263 e. The van der Waals surface area contributed by atoms with Crippen LogP contribution in [0.1, 0.15) is 72.7 Å². The Hall–Kier alpha value is -3.47. The highest BCUT2D eigenvalue weighted by molar-refractivity contribution is 5.98. The molecule has 35 heavy (non-hydrogen) atoms. The largest absolute Gasteiger partial charge is 0.365 e. The lowest BCUT2D eigenvalue weighted by Crippen LogP contribution is -2.43. The number of rotatable bonds is 6. The lowest BCUT2D eigenvalue weighted by atomic mass is 10.1. The van der Waals surface area contributed by atoms with E-state index in [9.17, 15) is 14.4 Å². The molecule has 11 heteroatoms. The first-order valence-corrected chi connectivity index (χ1v) is 12.2. The molecular weight excluding hydrogens is 448 g/mol. The van der Waals surface area contributed by atoms with E-state index < -0.39 is 5.91 Å². The first kappa shape index (κ1) is 24.6. The van der Waals surface area contributed by atoms with Crippen LogP contribution >= 0.6 is 0 Å². The van der Waals surface area contributed by atoms with Crippen LogP contribution < -0.4 is 27.2 Å². The highest BCUT2D eigenvalue weighted by Gasteiger charge is 2.25. The number of aromatic nitrogens is 3. The number of nitrogens with one attached hydrogen (secondary N) is 1. The Bertz CT molecular complexity index is 1160. The molecule has 0 bridgehead atoms. The number of nitrogens with zero attached hydrogens (tertiary/aromatic N) is 5. The number of nitrogens with two attached hydrogens (primary N) is 2. The summed E-state index contributed by atoms with van der Waals surface area (Å²) in [5.41, 5.74) is 12.0. The lowest BCUT2D eigenvalue weighted by Gasteiger charge is -2.31. The van der Waals surface area contributed by atoms with Crippen molar-refractivity contribution < 1.29 is 9.59 Å². The molecule has 0 aliphatic carbocycles. The van der Waals surface area contributed by atoms with E-state index in [2.05, 4.69) is 15.3 Å². The minimum absolute atomic E-state index is 0.0255. The van der Waals surface area contributed by atoms with E-state index in [1.165, 1.54) is 16.8 Å². The molecule has 0 spiro atoms. The molecule has 2 amide bonds. The standard InChI is InChI=1S/C24H34N8O3/c1-15(2)32-14-17(11-18(23(32)35)22(34)30-8-4-3-5-9-30)28-21-19(20(26)33)12-27-24(29-21)31-10-6-7-16(25)13-31/h11-12,14-16H,3-10,13,25H2,1-2H3,(H2,26,33)(H,27,28,29). The van der Waals surface area contributed by atoms with Crippen LogP contribution in [0.15, 0.2) is 23.3 Å². The van der Waals surface area contributed by atoms with Gasteiger partial charge in [-0.15, -0.1) is 0 Å². The van der Waals surface area contributed by atoms with Gasteiger partial charge in [-0.25, -0.2) is 4.98 Å². The van der Waals surface area contributed by atoms with Gasteiger partial charge in [-0.1, -0.05) is 0 Å². The van der Waals surface area contributed by atoms with Crippen molar-refractivity contribution in [1.82, 2.24) is 19.4 Å². The van der Waals surface area contributed by atoms with Crippen LogP contribution in [0.25, 0.3) is 0 Å². The van der Waals surface area contributed by atoms with E-state index in [1.807, 2.05) is 18.7 Å². The topological polar surface area (TPSA) is 152 Å². The second kappa shape index (κ2) is 10.4. The SMILES string of the molecule is CC(C)n1cc(Nc2nc(N3CCCC(N)C3)ncc2C(N)=O)cc(C(=O)N2CCCCC2)c1=O. The summed E-state index contributed by atoms with van der Waals surface area (Å²) >= 11 is 0. The van der Waals surface area contributed by atoms with Crippen molar-refractivity contribution in [3.05, 3.63) is 39.9 Å². The van der Waals surface area contributed by atoms with Gasteiger partial charge in [-0.2, -0.15) is 4.98 Å².